The van der Waals surface area contributed by atoms with Crippen molar-refractivity contribution in [2.75, 3.05) is 11.9 Å². The fourth-order valence-corrected chi connectivity index (χ4v) is 5.22. The molecule has 0 fully saturated rings. The summed E-state index contributed by atoms with van der Waals surface area (Å²) in [6.07, 6.45) is 5.32. The van der Waals surface area contributed by atoms with Crippen molar-refractivity contribution >= 4 is 60.1 Å². The van der Waals surface area contributed by atoms with Gasteiger partial charge in [-0.1, -0.05) is 19.9 Å². The highest BCUT2D eigenvalue weighted by Gasteiger charge is 2.17. The van der Waals surface area contributed by atoms with Gasteiger partial charge in [0.25, 0.3) is 0 Å². The van der Waals surface area contributed by atoms with Gasteiger partial charge in [-0.25, -0.2) is 9.97 Å². The number of aromatic nitrogens is 2. The van der Waals surface area contributed by atoms with Gasteiger partial charge in [0.05, 0.1) is 21.4 Å². The van der Waals surface area contributed by atoms with E-state index in [1.165, 1.54) is 20.5 Å². The third-order valence-corrected chi connectivity index (χ3v) is 6.66. The van der Waals surface area contributed by atoms with Gasteiger partial charge in [0, 0.05) is 28.2 Å². The molecular formula is C22H24N4S2. The van der Waals surface area contributed by atoms with Gasteiger partial charge in [-0.05, 0) is 55.8 Å². The minimum atomic E-state index is 0.389. The van der Waals surface area contributed by atoms with E-state index in [0.29, 0.717) is 6.04 Å². The molecule has 0 aliphatic carbocycles. The minimum Gasteiger partial charge on any atom is -0.355 e. The quantitative estimate of drug-likeness (QED) is 0.409. The Bertz CT molecular complexity index is 1130. The lowest BCUT2D eigenvalue weighted by molar-refractivity contribution is 0.628. The van der Waals surface area contributed by atoms with E-state index in [1.807, 2.05) is 31.6 Å². The summed E-state index contributed by atoms with van der Waals surface area (Å²) in [6.45, 7) is 7.28. The Hall–Kier alpha value is -2.28. The first-order valence-electron chi connectivity index (χ1n) is 9.70. The number of nitrogens with one attached hydrogen (secondary N) is 2. The molecule has 144 valence electrons. The summed E-state index contributed by atoms with van der Waals surface area (Å²) in [7, 11) is 0. The molecule has 0 saturated heterocycles. The predicted octanol–water partition coefficient (Wildman–Crippen LogP) is 6.44. The van der Waals surface area contributed by atoms with Crippen LogP contribution in [0.15, 0.2) is 48.1 Å². The molecule has 6 heteroatoms. The Morgan fingerprint density at radius 2 is 2.04 bits per heavy atom. The number of benzene rings is 1. The molecule has 0 spiro atoms. The van der Waals surface area contributed by atoms with E-state index in [-0.39, 0.29) is 0 Å². The molecule has 1 aromatic carbocycles. The van der Waals surface area contributed by atoms with Gasteiger partial charge in [0.2, 0.25) is 0 Å². The van der Waals surface area contributed by atoms with Gasteiger partial charge in [0.1, 0.15) is 4.83 Å². The SMILES string of the molecule is CC.CC1NCCC=C1c1cc2c(Nc3ccc4scnc4c3)ccnc2s1. The monoisotopic (exact) mass is 408 g/mol. The summed E-state index contributed by atoms with van der Waals surface area (Å²) in [5.74, 6) is 0. The zero-order valence-electron chi connectivity index (χ0n) is 16.3. The zero-order chi connectivity index (χ0) is 19.5. The highest BCUT2D eigenvalue weighted by Crippen LogP contribution is 2.36. The molecule has 1 aliphatic rings. The second kappa shape index (κ2) is 8.39. The molecule has 28 heavy (non-hydrogen) atoms. The Morgan fingerprint density at radius 3 is 2.89 bits per heavy atom. The van der Waals surface area contributed by atoms with E-state index < -0.39 is 0 Å². The van der Waals surface area contributed by atoms with Crippen molar-refractivity contribution in [1.29, 1.82) is 0 Å². The lowest BCUT2D eigenvalue weighted by atomic mass is 10.0. The number of rotatable bonds is 3. The van der Waals surface area contributed by atoms with Crippen LogP contribution >= 0.6 is 22.7 Å². The summed E-state index contributed by atoms with van der Waals surface area (Å²) < 4.78 is 1.21. The Morgan fingerprint density at radius 1 is 1.14 bits per heavy atom. The molecule has 0 amide bonds. The van der Waals surface area contributed by atoms with E-state index in [0.717, 1.165) is 34.7 Å². The first-order chi connectivity index (χ1) is 13.8. The van der Waals surface area contributed by atoms with Crippen molar-refractivity contribution < 1.29 is 0 Å². The predicted molar refractivity (Wildman–Crippen MR) is 124 cm³/mol. The fraction of sp³-hybridized carbons (Fsp3) is 0.273. The van der Waals surface area contributed by atoms with E-state index in [1.54, 1.807) is 22.7 Å². The lowest BCUT2D eigenvalue weighted by Gasteiger charge is -2.21. The highest BCUT2D eigenvalue weighted by atomic mass is 32.1. The molecule has 4 aromatic rings. The zero-order valence-corrected chi connectivity index (χ0v) is 18.0. The molecule has 0 saturated carbocycles. The first-order valence-corrected chi connectivity index (χ1v) is 11.4. The Labute approximate surface area is 173 Å². The average Bonchev–Trinajstić information content (AvgIpc) is 3.37. The normalized spacial score (nSPS) is 16.5. The number of hydrogen-bond acceptors (Lipinski definition) is 6. The van der Waals surface area contributed by atoms with Crippen LogP contribution in [0, 0.1) is 0 Å². The molecule has 0 radical (unpaired) electrons. The number of pyridine rings is 1. The summed E-state index contributed by atoms with van der Waals surface area (Å²) in [4.78, 5) is 11.4. The van der Waals surface area contributed by atoms with Crippen molar-refractivity contribution in [3.8, 4) is 0 Å². The molecular weight excluding hydrogens is 384 g/mol. The van der Waals surface area contributed by atoms with Crippen molar-refractivity contribution in [2.24, 2.45) is 0 Å². The molecule has 4 nitrogen and oxygen atoms in total. The number of hydrogen-bond donors (Lipinski definition) is 2. The van der Waals surface area contributed by atoms with E-state index in [4.69, 9.17) is 0 Å². The third kappa shape index (κ3) is 3.68. The molecule has 1 atom stereocenters. The third-order valence-electron chi connectivity index (χ3n) is 4.76. The van der Waals surface area contributed by atoms with Crippen molar-refractivity contribution in [1.82, 2.24) is 15.3 Å². The van der Waals surface area contributed by atoms with Gasteiger partial charge < -0.3 is 10.6 Å². The van der Waals surface area contributed by atoms with Crippen LogP contribution in [0.4, 0.5) is 11.4 Å². The summed E-state index contributed by atoms with van der Waals surface area (Å²) in [5, 5.41) is 8.26. The number of thiazole rings is 1. The molecule has 2 N–H and O–H groups in total. The summed E-state index contributed by atoms with van der Waals surface area (Å²) in [5.41, 5.74) is 6.44. The second-order valence-electron chi connectivity index (χ2n) is 6.47. The van der Waals surface area contributed by atoms with Crippen LogP contribution in [0.5, 0.6) is 0 Å². The lowest BCUT2D eigenvalue weighted by Crippen LogP contribution is -2.30. The van der Waals surface area contributed by atoms with Crippen molar-refractivity contribution in [2.45, 2.75) is 33.2 Å². The van der Waals surface area contributed by atoms with Gasteiger partial charge in [-0.15, -0.1) is 22.7 Å². The largest absolute Gasteiger partial charge is 0.355 e. The summed E-state index contributed by atoms with van der Waals surface area (Å²) >= 11 is 3.43. The first kappa shape index (κ1) is 19.1. The standard InChI is InChI=1S/C20H18N4S2.C2H6/c1-12-14(3-2-7-21-12)19-10-15-16(6-8-22-20(15)26-19)24-13-4-5-18-17(9-13)23-11-25-18;1-2/h3-6,8-12,21H,2,7H2,1H3,(H,22,24);1-2H3. The van der Waals surface area contributed by atoms with Crippen LogP contribution in [0.25, 0.3) is 26.0 Å². The van der Waals surface area contributed by atoms with Crippen LogP contribution in [0.3, 0.4) is 0 Å². The van der Waals surface area contributed by atoms with Crippen LogP contribution < -0.4 is 10.6 Å². The minimum absolute atomic E-state index is 0.389. The Balaban J connectivity index is 0.000000932. The number of thiophene rings is 1. The second-order valence-corrected chi connectivity index (χ2v) is 8.39. The van der Waals surface area contributed by atoms with Gasteiger partial charge in [0.15, 0.2) is 0 Å². The fourth-order valence-electron chi connectivity index (χ4n) is 3.41. The topological polar surface area (TPSA) is 49.8 Å². The molecule has 4 heterocycles. The maximum Gasteiger partial charge on any atom is 0.125 e. The van der Waals surface area contributed by atoms with E-state index in [2.05, 4.69) is 57.9 Å². The van der Waals surface area contributed by atoms with Gasteiger partial charge in [-0.2, -0.15) is 0 Å². The molecule has 5 rings (SSSR count). The van der Waals surface area contributed by atoms with Crippen LogP contribution in [0.2, 0.25) is 0 Å². The maximum absolute atomic E-state index is 4.59. The number of nitrogens with zero attached hydrogens (tertiary/aromatic N) is 2. The molecule has 1 aliphatic heterocycles. The van der Waals surface area contributed by atoms with Gasteiger partial charge in [-0.3, -0.25) is 0 Å². The van der Waals surface area contributed by atoms with Crippen LogP contribution in [-0.2, 0) is 0 Å². The molecule has 1 unspecified atom stereocenters. The smallest absolute Gasteiger partial charge is 0.125 e. The molecule has 3 aromatic heterocycles. The number of fused-ring (bicyclic) bond motifs is 2. The maximum atomic E-state index is 4.59. The highest BCUT2D eigenvalue weighted by molar-refractivity contribution is 7.19. The molecule has 0 bridgehead atoms. The van der Waals surface area contributed by atoms with E-state index >= 15 is 0 Å². The number of anilines is 2. The van der Waals surface area contributed by atoms with Crippen molar-refractivity contribution in [3.63, 3.8) is 0 Å². The van der Waals surface area contributed by atoms with E-state index in [9.17, 15) is 0 Å². The summed E-state index contributed by atoms with van der Waals surface area (Å²) in [6, 6.07) is 11.0. The Kier molecular flexibility index (Phi) is 5.71. The average molecular weight is 409 g/mol. The van der Waals surface area contributed by atoms with Crippen LogP contribution in [-0.4, -0.2) is 22.6 Å². The van der Waals surface area contributed by atoms with Gasteiger partial charge >= 0.3 is 0 Å². The van der Waals surface area contributed by atoms with Crippen LogP contribution in [0.1, 0.15) is 32.1 Å². The van der Waals surface area contributed by atoms with Crippen molar-refractivity contribution in [3.05, 3.63) is 53.0 Å².